The fourth-order valence-electron chi connectivity index (χ4n) is 2.90. The molecular weight excluding hydrogens is 431 g/mol. The summed E-state index contributed by atoms with van der Waals surface area (Å²) < 4.78 is 68.7. The van der Waals surface area contributed by atoms with Crippen LogP contribution in [0.25, 0.3) is 11.1 Å². The third kappa shape index (κ3) is 5.42. The monoisotopic (exact) mass is 451 g/mol. The van der Waals surface area contributed by atoms with Gasteiger partial charge in [0, 0.05) is 18.0 Å². The lowest BCUT2D eigenvalue weighted by atomic mass is 9.97. The van der Waals surface area contributed by atoms with Crippen molar-refractivity contribution in [1.29, 1.82) is 0 Å². The third-order valence-corrected chi connectivity index (χ3v) is 5.79. The standard InChI is InChI=1S/C22H20F3NO4S/c1-21(27,16-6-4-3-5-7-16)14-30-20-19(12-17(13-26-20)22(23,24)25)15-8-10-18(11-9-15)31(2,28)29/h3-13,27H,14H2,1-2H3. The van der Waals surface area contributed by atoms with Crippen molar-refractivity contribution < 1.29 is 31.4 Å². The van der Waals surface area contributed by atoms with E-state index in [9.17, 15) is 26.7 Å². The normalized spacial score (nSPS) is 14.1. The largest absolute Gasteiger partial charge is 0.474 e. The van der Waals surface area contributed by atoms with Crippen molar-refractivity contribution in [1.82, 2.24) is 4.98 Å². The second kappa shape index (κ2) is 8.32. The molecule has 1 heterocycles. The highest BCUT2D eigenvalue weighted by atomic mass is 32.2. The van der Waals surface area contributed by atoms with E-state index in [0.29, 0.717) is 17.3 Å². The Hall–Kier alpha value is -2.91. The molecule has 0 radical (unpaired) electrons. The predicted octanol–water partition coefficient (Wildman–Crippen LogP) is 4.46. The number of nitrogens with zero attached hydrogens (tertiary/aromatic N) is 1. The number of hydrogen-bond acceptors (Lipinski definition) is 5. The first-order chi connectivity index (χ1) is 14.4. The summed E-state index contributed by atoms with van der Waals surface area (Å²) >= 11 is 0. The summed E-state index contributed by atoms with van der Waals surface area (Å²) in [4.78, 5) is 3.85. The number of benzene rings is 2. The summed E-state index contributed by atoms with van der Waals surface area (Å²) in [6.07, 6.45) is -2.93. The number of ether oxygens (including phenoxy) is 1. The molecule has 1 N–H and O–H groups in total. The molecule has 0 amide bonds. The van der Waals surface area contributed by atoms with Crippen molar-refractivity contribution in [2.45, 2.75) is 23.6 Å². The number of aliphatic hydroxyl groups is 1. The lowest BCUT2D eigenvalue weighted by Crippen LogP contribution is -2.29. The Labute approximate surface area is 178 Å². The molecule has 0 spiro atoms. The molecule has 0 aliphatic rings. The molecule has 0 bridgehead atoms. The number of sulfone groups is 1. The van der Waals surface area contributed by atoms with Crippen LogP contribution in [0.2, 0.25) is 0 Å². The topological polar surface area (TPSA) is 76.5 Å². The van der Waals surface area contributed by atoms with E-state index in [1.165, 1.54) is 31.2 Å². The number of pyridine rings is 1. The van der Waals surface area contributed by atoms with Crippen molar-refractivity contribution in [3.63, 3.8) is 0 Å². The summed E-state index contributed by atoms with van der Waals surface area (Å²) in [5, 5.41) is 10.7. The Bertz CT molecular complexity index is 1160. The molecule has 1 unspecified atom stereocenters. The second-order valence-electron chi connectivity index (χ2n) is 7.30. The van der Waals surface area contributed by atoms with E-state index in [1.807, 2.05) is 0 Å². The van der Waals surface area contributed by atoms with Crippen LogP contribution in [0.5, 0.6) is 5.88 Å². The molecule has 0 fully saturated rings. The van der Waals surface area contributed by atoms with E-state index in [2.05, 4.69) is 4.98 Å². The highest BCUT2D eigenvalue weighted by Crippen LogP contribution is 2.36. The Morgan fingerprint density at radius 1 is 1.00 bits per heavy atom. The van der Waals surface area contributed by atoms with Crippen LogP contribution in [0.1, 0.15) is 18.1 Å². The molecule has 164 valence electrons. The maximum atomic E-state index is 13.2. The van der Waals surface area contributed by atoms with Crippen LogP contribution >= 0.6 is 0 Å². The molecule has 1 aromatic heterocycles. The first kappa shape index (κ1) is 22.8. The van der Waals surface area contributed by atoms with Gasteiger partial charge in [0.15, 0.2) is 9.84 Å². The van der Waals surface area contributed by atoms with Crippen molar-refractivity contribution in [2.24, 2.45) is 0 Å². The van der Waals surface area contributed by atoms with Gasteiger partial charge in [-0.15, -0.1) is 0 Å². The summed E-state index contributed by atoms with van der Waals surface area (Å²) in [5.74, 6) is -0.115. The average Bonchev–Trinajstić information content (AvgIpc) is 2.71. The molecule has 31 heavy (non-hydrogen) atoms. The minimum Gasteiger partial charge on any atom is -0.474 e. The number of rotatable bonds is 6. The Morgan fingerprint density at radius 3 is 2.16 bits per heavy atom. The van der Waals surface area contributed by atoms with Crippen molar-refractivity contribution in [2.75, 3.05) is 12.9 Å². The lowest BCUT2D eigenvalue weighted by molar-refractivity contribution is -0.137. The summed E-state index contributed by atoms with van der Waals surface area (Å²) in [5.41, 5.74) is -1.50. The summed E-state index contributed by atoms with van der Waals surface area (Å²) in [7, 11) is -3.46. The highest BCUT2D eigenvalue weighted by Gasteiger charge is 2.32. The molecular formula is C22H20F3NO4S. The maximum absolute atomic E-state index is 13.2. The molecule has 0 saturated heterocycles. The van der Waals surface area contributed by atoms with E-state index in [0.717, 1.165) is 12.3 Å². The zero-order valence-corrected chi connectivity index (χ0v) is 17.5. The van der Waals surface area contributed by atoms with Gasteiger partial charge >= 0.3 is 6.18 Å². The predicted molar refractivity (Wildman–Crippen MR) is 109 cm³/mol. The molecule has 0 aliphatic carbocycles. The quantitative estimate of drug-likeness (QED) is 0.599. The van der Waals surface area contributed by atoms with Crippen molar-refractivity contribution >= 4 is 9.84 Å². The summed E-state index contributed by atoms with van der Waals surface area (Å²) in [6, 6.07) is 14.9. The van der Waals surface area contributed by atoms with Crippen LogP contribution in [0.15, 0.2) is 71.8 Å². The van der Waals surface area contributed by atoms with E-state index >= 15 is 0 Å². The minimum absolute atomic E-state index is 0.0266. The van der Waals surface area contributed by atoms with Gasteiger partial charge in [0.1, 0.15) is 12.2 Å². The van der Waals surface area contributed by atoms with Gasteiger partial charge in [-0.2, -0.15) is 13.2 Å². The molecule has 2 aromatic carbocycles. The number of hydrogen-bond donors (Lipinski definition) is 1. The van der Waals surface area contributed by atoms with Crippen LogP contribution in [0, 0.1) is 0 Å². The fraction of sp³-hybridized carbons (Fsp3) is 0.227. The number of halogens is 3. The Balaban J connectivity index is 1.98. The van der Waals surface area contributed by atoms with Crippen LogP contribution in [-0.2, 0) is 21.6 Å². The van der Waals surface area contributed by atoms with Gasteiger partial charge < -0.3 is 9.84 Å². The van der Waals surface area contributed by atoms with Crippen LogP contribution in [0.3, 0.4) is 0 Å². The second-order valence-corrected chi connectivity index (χ2v) is 9.32. The van der Waals surface area contributed by atoms with Crippen LogP contribution in [0.4, 0.5) is 13.2 Å². The van der Waals surface area contributed by atoms with Crippen molar-refractivity contribution in [3.05, 3.63) is 78.0 Å². The lowest BCUT2D eigenvalue weighted by Gasteiger charge is -2.24. The summed E-state index contributed by atoms with van der Waals surface area (Å²) in [6.45, 7) is 1.26. The van der Waals surface area contributed by atoms with Crippen LogP contribution in [-0.4, -0.2) is 31.4 Å². The van der Waals surface area contributed by atoms with E-state index in [-0.39, 0.29) is 22.9 Å². The Morgan fingerprint density at radius 2 is 1.61 bits per heavy atom. The smallest absolute Gasteiger partial charge is 0.417 e. The highest BCUT2D eigenvalue weighted by molar-refractivity contribution is 7.90. The molecule has 3 rings (SSSR count). The number of aromatic nitrogens is 1. The van der Waals surface area contributed by atoms with E-state index in [4.69, 9.17) is 4.74 Å². The van der Waals surface area contributed by atoms with Crippen molar-refractivity contribution in [3.8, 4) is 17.0 Å². The molecule has 0 aliphatic heterocycles. The zero-order chi connectivity index (χ0) is 22.9. The SMILES string of the molecule is CC(O)(COc1ncc(C(F)(F)F)cc1-c1ccc(S(C)(=O)=O)cc1)c1ccccc1. The molecule has 3 aromatic rings. The number of alkyl halides is 3. The molecule has 5 nitrogen and oxygen atoms in total. The maximum Gasteiger partial charge on any atom is 0.417 e. The van der Waals surface area contributed by atoms with Crippen LogP contribution < -0.4 is 4.74 Å². The molecule has 1 atom stereocenters. The molecule has 0 saturated carbocycles. The van der Waals surface area contributed by atoms with E-state index < -0.39 is 27.2 Å². The minimum atomic E-state index is -4.62. The van der Waals surface area contributed by atoms with Gasteiger partial charge in [-0.1, -0.05) is 42.5 Å². The third-order valence-electron chi connectivity index (χ3n) is 4.66. The Kier molecular flexibility index (Phi) is 6.11. The van der Waals surface area contributed by atoms with Gasteiger partial charge in [-0.3, -0.25) is 0 Å². The first-order valence-corrected chi connectivity index (χ1v) is 11.1. The average molecular weight is 451 g/mol. The van der Waals surface area contributed by atoms with Gasteiger partial charge in [0.2, 0.25) is 5.88 Å². The van der Waals surface area contributed by atoms with Gasteiger partial charge in [0.05, 0.1) is 10.5 Å². The van der Waals surface area contributed by atoms with Gasteiger partial charge in [-0.25, -0.2) is 13.4 Å². The van der Waals surface area contributed by atoms with Gasteiger partial charge in [-0.05, 0) is 36.2 Å². The fourth-order valence-corrected chi connectivity index (χ4v) is 3.53. The van der Waals surface area contributed by atoms with Gasteiger partial charge in [0.25, 0.3) is 0 Å². The van der Waals surface area contributed by atoms with E-state index in [1.54, 1.807) is 30.3 Å². The first-order valence-electron chi connectivity index (χ1n) is 9.16. The zero-order valence-electron chi connectivity index (χ0n) is 16.7. The molecule has 9 heteroatoms.